The van der Waals surface area contributed by atoms with Gasteiger partial charge < -0.3 is 4.90 Å². The minimum atomic E-state index is 1.11. The van der Waals surface area contributed by atoms with Crippen molar-refractivity contribution in [2.45, 2.75) is 0 Å². The van der Waals surface area contributed by atoms with Gasteiger partial charge in [-0.2, -0.15) is 0 Å². The van der Waals surface area contributed by atoms with Crippen LogP contribution in [0, 0.1) is 0 Å². The largest absolute Gasteiger partial charge is 0.310 e. The van der Waals surface area contributed by atoms with Crippen LogP contribution in [0.25, 0.3) is 85.5 Å². The quantitative estimate of drug-likeness (QED) is 0.161. The summed E-state index contributed by atoms with van der Waals surface area (Å²) in [4.78, 5) is 2.41. The monoisotopic (exact) mass is 703 g/mol. The van der Waals surface area contributed by atoms with Gasteiger partial charge in [-0.15, -0.1) is 11.3 Å². The number of thiophene rings is 1. The minimum Gasteiger partial charge on any atom is -0.310 e. The van der Waals surface area contributed by atoms with E-state index in [0.717, 1.165) is 17.1 Å². The van der Waals surface area contributed by atoms with Crippen molar-refractivity contribution in [1.82, 2.24) is 0 Å². The van der Waals surface area contributed by atoms with Gasteiger partial charge in [0, 0.05) is 37.2 Å². The topological polar surface area (TPSA) is 3.24 Å². The van der Waals surface area contributed by atoms with Gasteiger partial charge in [0.1, 0.15) is 0 Å². The van der Waals surface area contributed by atoms with Crippen LogP contribution in [0.5, 0.6) is 0 Å². The molecule has 0 radical (unpaired) electrons. The van der Waals surface area contributed by atoms with Crippen LogP contribution in [0.3, 0.4) is 0 Å². The molecule has 252 valence electrons. The van der Waals surface area contributed by atoms with Gasteiger partial charge in [-0.05, 0) is 120 Å². The fourth-order valence-electron chi connectivity index (χ4n) is 8.38. The van der Waals surface area contributed by atoms with Gasteiger partial charge >= 0.3 is 0 Å². The Hall–Kier alpha value is -6.74. The average Bonchev–Trinajstić information content (AvgIpc) is 3.62. The van der Waals surface area contributed by atoms with Crippen molar-refractivity contribution < 1.29 is 0 Å². The molecule has 10 aromatic carbocycles. The van der Waals surface area contributed by atoms with Crippen molar-refractivity contribution >= 4 is 91.7 Å². The van der Waals surface area contributed by atoms with Gasteiger partial charge in [0.05, 0.1) is 0 Å². The van der Waals surface area contributed by atoms with E-state index in [2.05, 4.69) is 205 Å². The average molecular weight is 704 g/mol. The smallest absolute Gasteiger partial charge is 0.0468 e. The van der Waals surface area contributed by atoms with E-state index in [-0.39, 0.29) is 0 Å². The summed E-state index contributed by atoms with van der Waals surface area (Å²) in [5.41, 5.74) is 8.18. The Morgan fingerprint density at radius 3 is 1.63 bits per heavy atom. The first-order valence-corrected chi connectivity index (χ1v) is 19.3. The number of anilines is 3. The third kappa shape index (κ3) is 5.07. The molecule has 0 unspecified atom stereocenters. The van der Waals surface area contributed by atoms with Crippen molar-refractivity contribution in [3.05, 3.63) is 200 Å². The molecular formula is C52H33NS. The minimum absolute atomic E-state index is 1.11. The Morgan fingerprint density at radius 2 is 0.815 bits per heavy atom. The predicted molar refractivity (Wildman–Crippen MR) is 235 cm³/mol. The van der Waals surface area contributed by atoms with E-state index in [0.29, 0.717) is 0 Å². The van der Waals surface area contributed by atoms with Crippen LogP contribution in [0.1, 0.15) is 0 Å². The molecule has 1 heterocycles. The van der Waals surface area contributed by atoms with E-state index in [1.807, 2.05) is 11.3 Å². The maximum absolute atomic E-state index is 2.41. The zero-order chi connectivity index (χ0) is 35.6. The molecule has 0 aliphatic rings. The van der Waals surface area contributed by atoms with Crippen LogP contribution in [-0.2, 0) is 0 Å². The van der Waals surface area contributed by atoms with E-state index in [1.165, 1.54) is 85.5 Å². The summed E-state index contributed by atoms with van der Waals surface area (Å²) in [6.45, 7) is 0. The number of benzene rings is 10. The second-order valence-electron chi connectivity index (χ2n) is 14.1. The third-order valence-electron chi connectivity index (χ3n) is 11.0. The molecule has 0 atom stereocenters. The van der Waals surface area contributed by atoms with Crippen LogP contribution < -0.4 is 4.90 Å². The van der Waals surface area contributed by atoms with E-state index in [1.54, 1.807) is 0 Å². The van der Waals surface area contributed by atoms with Gasteiger partial charge in [-0.3, -0.25) is 0 Å². The third-order valence-corrected chi connectivity index (χ3v) is 12.1. The summed E-state index contributed by atoms with van der Waals surface area (Å²) >= 11 is 1.86. The van der Waals surface area contributed by atoms with Crippen LogP contribution in [0.15, 0.2) is 200 Å². The number of hydrogen-bond acceptors (Lipinski definition) is 2. The SMILES string of the molecule is c1ccc(-c2cccc(N(c3ccc(-c4ccc5sc6ccccc6c5c4)cc3)c3ccc4ccc5ccc6ccc7ccccc7c6c5c4c3)c2)cc1. The van der Waals surface area contributed by atoms with Gasteiger partial charge in [0.25, 0.3) is 0 Å². The maximum Gasteiger partial charge on any atom is 0.0468 e. The van der Waals surface area contributed by atoms with E-state index < -0.39 is 0 Å². The lowest BCUT2D eigenvalue weighted by Gasteiger charge is -2.27. The molecule has 0 aliphatic carbocycles. The molecule has 11 rings (SSSR count). The second kappa shape index (κ2) is 12.4. The molecular weight excluding hydrogens is 671 g/mol. The van der Waals surface area contributed by atoms with Crippen molar-refractivity contribution in [1.29, 1.82) is 0 Å². The molecule has 0 aliphatic heterocycles. The first kappa shape index (κ1) is 30.8. The van der Waals surface area contributed by atoms with Crippen LogP contribution in [-0.4, -0.2) is 0 Å². The highest BCUT2D eigenvalue weighted by atomic mass is 32.1. The zero-order valence-electron chi connectivity index (χ0n) is 29.4. The van der Waals surface area contributed by atoms with Gasteiger partial charge in [-0.1, -0.05) is 146 Å². The molecule has 54 heavy (non-hydrogen) atoms. The summed E-state index contributed by atoms with van der Waals surface area (Å²) in [6, 6.07) is 73.6. The maximum atomic E-state index is 2.41. The molecule has 0 saturated carbocycles. The Kier molecular flexibility index (Phi) is 7.11. The lowest BCUT2D eigenvalue weighted by Crippen LogP contribution is -2.10. The number of nitrogens with zero attached hydrogens (tertiary/aromatic N) is 1. The first-order valence-electron chi connectivity index (χ1n) is 18.5. The normalized spacial score (nSPS) is 11.7. The van der Waals surface area contributed by atoms with Crippen molar-refractivity contribution in [3.8, 4) is 22.3 Å². The fourth-order valence-corrected chi connectivity index (χ4v) is 9.46. The molecule has 1 aromatic heterocycles. The zero-order valence-corrected chi connectivity index (χ0v) is 30.2. The predicted octanol–water partition coefficient (Wildman–Crippen LogP) is 15.5. The van der Waals surface area contributed by atoms with E-state index in [9.17, 15) is 0 Å². The second-order valence-corrected chi connectivity index (χ2v) is 15.2. The number of fused-ring (bicyclic) bond motifs is 10. The lowest BCUT2D eigenvalue weighted by molar-refractivity contribution is 1.29. The molecule has 1 nitrogen and oxygen atoms in total. The van der Waals surface area contributed by atoms with Crippen LogP contribution >= 0.6 is 11.3 Å². The Balaban J connectivity index is 1.11. The highest BCUT2D eigenvalue weighted by molar-refractivity contribution is 7.25. The standard InChI is InChI=1S/C52H33NS/c1-2-9-34(10-3-1)40-12-8-13-43(31-40)53(42-27-23-35(24-28-42)41-26-30-50-48(32-41)46-15-6-7-16-49(46)54-50)44-29-25-37-18-20-39-22-21-38-19-17-36-11-4-5-14-45(36)51(38)52(39)47(37)33-44/h1-33H. The summed E-state index contributed by atoms with van der Waals surface area (Å²) < 4.78 is 2.66. The van der Waals surface area contributed by atoms with Gasteiger partial charge in [0.15, 0.2) is 0 Å². The molecule has 0 N–H and O–H groups in total. The molecule has 2 heteroatoms. The summed E-state index contributed by atoms with van der Waals surface area (Å²) in [6.07, 6.45) is 0. The number of hydrogen-bond donors (Lipinski definition) is 0. The molecule has 0 amide bonds. The van der Waals surface area contributed by atoms with E-state index in [4.69, 9.17) is 0 Å². The summed E-state index contributed by atoms with van der Waals surface area (Å²) in [5, 5.41) is 12.8. The van der Waals surface area contributed by atoms with E-state index >= 15 is 0 Å². The number of rotatable bonds is 5. The highest BCUT2D eigenvalue weighted by Gasteiger charge is 2.17. The summed E-state index contributed by atoms with van der Waals surface area (Å²) in [7, 11) is 0. The molecule has 0 bridgehead atoms. The Labute approximate surface area is 317 Å². The molecule has 0 saturated heterocycles. The molecule has 11 aromatic rings. The Morgan fingerprint density at radius 1 is 0.278 bits per heavy atom. The highest BCUT2D eigenvalue weighted by Crippen LogP contribution is 2.43. The fraction of sp³-hybridized carbons (Fsp3) is 0. The summed E-state index contributed by atoms with van der Waals surface area (Å²) in [5.74, 6) is 0. The van der Waals surface area contributed by atoms with Crippen LogP contribution in [0.4, 0.5) is 17.1 Å². The van der Waals surface area contributed by atoms with Crippen LogP contribution in [0.2, 0.25) is 0 Å². The molecule has 0 spiro atoms. The van der Waals surface area contributed by atoms with Gasteiger partial charge in [0.2, 0.25) is 0 Å². The first-order chi connectivity index (χ1) is 26.7. The molecule has 0 fully saturated rings. The van der Waals surface area contributed by atoms with Crippen molar-refractivity contribution in [2.24, 2.45) is 0 Å². The van der Waals surface area contributed by atoms with Crippen molar-refractivity contribution in [3.63, 3.8) is 0 Å². The van der Waals surface area contributed by atoms with Crippen molar-refractivity contribution in [2.75, 3.05) is 4.90 Å². The Bertz CT molecular complexity index is 3200. The lowest BCUT2D eigenvalue weighted by atomic mass is 9.92. The van der Waals surface area contributed by atoms with Gasteiger partial charge in [-0.25, -0.2) is 0 Å².